The van der Waals surface area contributed by atoms with Gasteiger partial charge in [-0.3, -0.25) is 14.5 Å². The Morgan fingerprint density at radius 1 is 1.06 bits per heavy atom. The molecule has 3 heterocycles. The quantitative estimate of drug-likeness (QED) is 0.598. The maximum Gasteiger partial charge on any atom is 0.415 e. The topological polar surface area (TPSA) is 132 Å². The van der Waals surface area contributed by atoms with Gasteiger partial charge in [0, 0.05) is 24.3 Å². The summed E-state index contributed by atoms with van der Waals surface area (Å²) in [6.07, 6.45) is -1.53. The van der Waals surface area contributed by atoms with E-state index < -0.39 is 46.5 Å². The molecule has 3 aliphatic heterocycles. The largest absolute Gasteiger partial charge is 0.493 e. The molecule has 1 aromatic carbocycles. The van der Waals surface area contributed by atoms with E-state index in [4.69, 9.17) is 18.9 Å². The van der Waals surface area contributed by atoms with Gasteiger partial charge in [0.05, 0.1) is 58.1 Å². The Morgan fingerprint density at radius 3 is 2.44 bits per heavy atom. The molecule has 2 aliphatic carbocycles. The zero-order chi connectivity index (χ0) is 25.8. The van der Waals surface area contributed by atoms with Crippen LogP contribution in [0.3, 0.4) is 0 Å². The summed E-state index contributed by atoms with van der Waals surface area (Å²) in [4.78, 5) is 57.6. The number of rotatable bonds is 3. The number of anilines is 1. The molecule has 11 nitrogen and oxygen atoms in total. The Bertz CT molecular complexity index is 1230. The maximum atomic E-state index is 14.0. The molecule has 2 saturated heterocycles. The number of fused-ring (bicyclic) bond motifs is 1. The van der Waals surface area contributed by atoms with Gasteiger partial charge in [-0.05, 0) is 24.5 Å². The number of Topliss-reactive ketones (excluding diaryl/α,β-unsaturated/α-hetero) is 1. The number of piperidine rings is 1. The van der Waals surface area contributed by atoms with Crippen molar-refractivity contribution in [2.75, 3.05) is 39.9 Å². The van der Waals surface area contributed by atoms with E-state index >= 15 is 0 Å². The average Bonchev–Trinajstić information content (AvgIpc) is 3.34. The first-order valence-electron chi connectivity index (χ1n) is 11.9. The SMILES string of the molecule is COC(=O)N1c2c(ccc(OC)c2OC)[C@@]23C4CN5C(=O)CC(O)C(CC[C@]12C(=O)OC)(CC4=O)[C@H]53. The highest BCUT2D eigenvalue weighted by atomic mass is 16.6. The zero-order valence-corrected chi connectivity index (χ0v) is 20.5. The number of esters is 1. The van der Waals surface area contributed by atoms with Crippen LogP contribution in [0.1, 0.15) is 31.2 Å². The van der Waals surface area contributed by atoms with Gasteiger partial charge in [0.2, 0.25) is 5.91 Å². The third kappa shape index (κ3) is 2.13. The van der Waals surface area contributed by atoms with Crippen LogP contribution in [0.4, 0.5) is 10.5 Å². The van der Waals surface area contributed by atoms with Gasteiger partial charge < -0.3 is 29.0 Å². The summed E-state index contributed by atoms with van der Waals surface area (Å²) in [5, 5.41) is 11.3. The fourth-order valence-electron chi connectivity index (χ4n) is 8.49. The Balaban J connectivity index is 1.79. The number of nitrogens with zero attached hydrogens (tertiary/aromatic N) is 2. The fraction of sp³-hybridized carbons (Fsp3) is 0.600. The summed E-state index contributed by atoms with van der Waals surface area (Å²) >= 11 is 0. The van der Waals surface area contributed by atoms with Crippen LogP contribution < -0.4 is 14.4 Å². The standard InChI is InChI=1S/C25H28N2O9/c1-33-15-6-5-12-18(19(15)34-2)27(22(32)36-4)24(21(31)35-3)8-7-23-10-14(28)13-11-26(17(30)9-16(23)29)20(23)25(12,13)24/h5-6,13,16,20,29H,7-11H2,1-4H3/t13?,16?,20-,23?,24+,25-/m0/s1. The van der Waals surface area contributed by atoms with Crippen LogP contribution in [-0.2, 0) is 29.3 Å². The van der Waals surface area contributed by atoms with Gasteiger partial charge in [-0.1, -0.05) is 6.07 Å². The van der Waals surface area contributed by atoms with Crippen LogP contribution in [-0.4, -0.2) is 86.4 Å². The lowest BCUT2D eigenvalue weighted by Gasteiger charge is -2.65. The van der Waals surface area contributed by atoms with Crippen LogP contribution in [0.5, 0.6) is 11.5 Å². The third-order valence-electron chi connectivity index (χ3n) is 9.55. The highest BCUT2D eigenvalue weighted by Gasteiger charge is 2.86. The fourth-order valence-corrected chi connectivity index (χ4v) is 8.49. The molecule has 2 amide bonds. The van der Waals surface area contributed by atoms with E-state index in [1.807, 2.05) is 0 Å². The Hall–Kier alpha value is -3.34. The molecule has 1 spiro atoms. The summed E-state index contributed by atoms with van der Waals surface area (Å²) in [6.45, 7) is 0.0956. The maximum absolute atomic E-state index is 14.0. The molecule has 5 aliphatic rings. The van der Waals surface area contributed by atoms with Gasteiger partial charge in [0.25, 0.3) is 0 Å². The van der Waals surface area contributed by atoms with E-state index in [2.05, 4.69) is 0 Å². The Kier molecular flexibility index (Phi) is 4.56. The highest BCUT2D eigenvalue weighted by Crippen LogP contribution is 2.75. The molecule has 3 unspecified atom stereocenters. The average molecular weight is 501 g/mol. The lowest BCUT2D eigenvalue weighted by molar-refractivity contribution is -0.186. The molecule has 1 aromatic rings. The number of hydrogen-bond acceptors (Lipinski definition) is 9. The number of ketones is 1. The van der Waals surface area contributed by atoms with Gasteiger partial charge in [-0.2, -0.15) is 0 Å². The van der Waals surface area contributed by atoms with Gasteiger partial charge in [-0.15, -0.1) is 0 Å². The molecule has 0 radical (unpaired) electrons. The van der Waals surface area contributed by atoms with Crippen LogP contribution in [0, 0.1) is 11.3 Å². The summed E-state index contributed by atoms with van der Waals surface area (Å²) in [7, 11) is 5.32. The van der Waals surface area contributed by atoms with Crippen molar-refractivity contribution in [2.45, 2.75) is 48.8 Å². The minimum Gasteiger partial charge on any atom is -0.493 e. The first-order chi connectivity index (χ1) is 17.2. The highest BCUT2D eigenvalue weighted by molar-refractivity contribution is 6.09. The molecule has 0 aromatic heterocycles. The number of aliphatic hydroxyl groups is 1. The lowest BCUT2D eigenvalue weighted by Crippen LogP contribution is -2.80. The molecule has 2 saturated carbocycles. The van der Waals surface area contributed by atoms with E-state index in [0.717, 1.165) is 0 Å². The molecule has 11 heteroatoms. The number of hydrogen-bond donors (Lipinski definition) is 1. The van der Waals surface area contributed by atoms with Crippen molar-refractivity contribution in [3.63, 3.8) is 0 Å². The van der Waals surface area contributed by atoms with Crippen molar-refractivity contribution in [1.29, 1.82) is 0 Å². The van der Waals surface area contributed by atoms with Gasteiger partial charge >= 0.3 is 12.1 Å². The minimum absolute atomic E-state index is 0.0860. The second-order valence-electron chi connectivity index (χ2n) is 10.3. The van der Waals surface area contributed by atoms with Crippen LogP contribution in [0.25, 0.3) is 0 Å². The van der Waals surface area contributed by atoms with Crippen molar-refractivity contribution >= 4 is 29.4 Å². The van der Waals surface area contributed by atoms with Crippen LogP contribution in [0.15, 0.2) is 12.1 Å². The molecule has 6 atom stereocenters. The van der Waals surface area contributed by atoms with E-state index in [9.17, 15) is 24.3 Å². The second kappa shape index (κ2) is 7.12. The Labute approximate surface area is 207 Å². The van der Waals surface area contributed by atoms with Crippen molar-refractivity contribution in [3.8, 4) is 11.5 Å². The van der Waals surface area contributed by atoms with Crippen LogP contribution >= 0.6 is 0 Å². The van der Waals surface area contributed by atoms with Crippen LogP contribution in [0.2, 0.25) is 0 Å². The van der Waals surface area contributed by atoms with E-state index in [0.29, 0.717) is 11.3 Å². The number of ether oxygens (including phenoxy) is 4. The first-order valence-corrected chi connectivity index (χ1v) is 11.9. The van der Waals surface area contributed by atoms with Gasteiger partial charge in [-0.25, -0.2) is 9.59 Å². The molecule has 4 fully saturated rings. The number of carbonyl (C=O) groups is 4. The Morgan fingerprint density at radius 2 is 1.81 bits per heavy atom. The third-order valence-corrected chi connectivity index (χ3v) is 9.55. The number of amides is 2. The summed E-state index contributed by atoms with van der Waals surface area (Å²) in [5.74, 6) is -1.42. The van der Waals surface area contributed by atoms with E-state index in [-0.39, 0.29) is 55.4 Å². The number of benzene rings is 1. The molecule has 1 N–H and O–H groups in total. The van der Waals surface area contributed by atoms with Crippen molar-refractivity contribution < 1.29 is 43.2 Å². The van der Waals surface area contributed by atoms with Gasteiger partial charge in [0.1, 0.15) is 5.78 Å². The predicted molar refractivity (Wildman–Crippen MR) is 122 cm³/mol. The minimum atomic E-state index is -1.71. The molecule has 192 valence electrons. The van der Waals surface area contributed by atoms with Crippen molar-refractivity contribution in [2.24, 2.45) is 11.3 Å². The summed E-state index contributed by atoms with van der Waals surface area (Å²) < 4.78 is 21.8. The zero-order valence-electron chi connectivity index (χ0n) is 20.5. The van der Waals surface area contributed by atoms with E-state index in [1.165, 1.54) is 33.3 Å². The first kappa shape index (κ1) is 23.1. The number of carbonyl (C=O) groups excluding carboxylic acids is 4. The molecular formula is C25H28N2O9. The number of methoxy groups -OCH3 is 4. The number of aliphatic hydroxyl groups excluding tert-OH is 1. The summed E-state index contributed by atoms with van der Waals surface area (Å²) in [6, 6.07) is 2.69. The van der Waals surface area contributed by atoms with E-state index in [1.54, 1.807) is 17.0 Å². The second-order valence-corrected chi connectivity index (χ2v) is 10.3. The molecule has 6 rings (SSSR count). The van der Waals surface area contributed by atoms with Crippen molar-refractivity contribution in [1.82, 2.24) is 4.90 Å². The molecular weight excluding hydrogens is 472 g/mol. The lowest BCUT2D eigenvalue weighted by atomic mass is 9.40. The molecule has 4 bridgehead atoms. The monoisotopic (exact) mass is 500 g/mol. The summed E-state index contributed by atoms with van der Waals surface area (Å²) in [5.41, 5.74) is -3.27. The smallest absolute Gasteiger partial charge is 0.415 e. The molecule has 36 heavy (non-hydrogen) atoms. The normalized spacial score (nSPS) is 37.3. The van der Waals surface area contributed by atoms with Crippen molar-refractivity contribution in [3.05, 3.63) is 17.7 Å². The predicted octanol–water partition coefficient (Wildman–Crippen LogP) is 0.784. The van der Waals surface area contributed by atoms with Gasteiger partial charge in [0.15, 0.2) is 17.0 Å².